The van der Waals surface area contributed by atoms with Crippen molar-refractivity contribution >= 4 is 12.0 Å². The van der Waals surface area contributed by atoms with Gasteiger partial charge in [-0.25, -0.2) is 4.79 Å². The number of rotatable bonds is 6. The zero-order valence-electron chi connectivity index (χ0n) is 14.6. The number of piperazine rings is 1. The average molecular weight is 345 g/mol. The van der Waals surface area contributed by atoms with Crippen LogP contribution in [0.5, 0.6) is 5.75 Å². The molecular formula is C18H23N3O4. The Morgan fingerprint density at radius 2 is 1.92 bits per heavy atom. The maximum absolute atomic E-state index is 11.7. The molecule has 1 saturated heterocycles. The number of aromatic nitrogens is 1. The number of methoxy groups -OCH3 is 1. The SMILES string of the molecule is CCOC(=O)c1coc(N2CCN(Cc3ccc(OC)cc3)CC2)n1. The first kappa shape index (κ1) is 17.3. The van der Waals surface area contributed by atoms with Gasteiger partial charge in [-0.15, -0.1) is 0 Å². The van der Waals surface area contributed by atoms with Crippen LogP contribution in [0.1, 0.15) is 23.0 Å². The Morgan fingerprint density at radius 3 is 2.56 bits per heavy atom. The lowest BCUT2D eigenvalue weighted by molar-refractivity contribution is 0.0519. The van der Waals surface area contributed by atoms with Crippen LogP contribution >= 0.6 is 0 Å². The van der Waals surface area contributed by atoms with Crippen molar-refractivity contribution in [3.8, 4) is 5.75 Å². The number of carbonyl (C=O) groups excluding carboxylic acids is 1. The lowest BCUT2D eigenvalue weighted by atomic mass is 10.2. The zero-order valence-corrected chi connectivity index (χ0v) is 14.6. The lowest BCUT2D eigenvalue weighted by Gasteiger charge is -2.33. The molecular weight excluding hydrogens is 322 g/mol. The number of nitrogens with zero attached hydrogens (tertiary/aromatic N) is 3. The molecule has 1 fully saturated rings. The summed E-state index contributed by atoms with van der Waals surface area (Å²) in [7, 11) is 1.67. The van der Waals surface area contributed by atoms with Crippen LogP contribution in [0, 0.1) is 0 Å². The molecule has 3 rings (SSSR count). The van der Waals surface area contributed by atoms with E-state index in [1.54, 1.807) is 14.0 Å². The Kier molecular flexibility index (Phi) is 5.55. The van der Waals surface area contributed by atoms with E-state index in [4.69, 9.17) is 13.9 Å². The van der Waals surface area contributed by atoms with Gasteiger partial charge in [0.1, 0.15) is 12.0 Å². The smallest absolute Gasteiger partial charge is 0.360 e. The Morgan fingerprint density at radius 1 is 1.20 bits per heavy atom. The highest BCUT2D eigenvalue weighted by molar-refractivity contribution is 5.87. The molecule has 7 heteroatoms. The van der Waals surface area contributed by atoms with Gasteiger partial charge >= 0.3 is 5.97 Å². The van der Waals surface area contributed by atoms with Crippen LogP contribution in [0.2, 0.25) is 0 Å². The Bertz CT molecular complexity index is 691. The quantitative estimate of drug-likeness (QED) is 0.743. The fraction of sp³-hybridized carbons (Fsp3) is 0.444. The molecule has 25 heavy (non-hydrogen) atoms. The number of oxazole rings is 1. The summed E-state index contributed by atoms with van der Waals surface area (Å²) in [6.07, 6.45) is 1.36. The van der Waals surface area contributed by atoms with Gasteiger partial charge in [0.05, 0.1) is 13.7 Å². The molecule has 0 N–H and O–H groups in total. The predicted octanol–water partition coefficient (Wildman–Crippen LogP) is 2.18. The molecule has 1 aromatic carbocycles. The van der Waals surface area contributed by atoms with E-state index in [2.05, 4.69) is 22.0 Å². The van der Waals surface area contributed by atoms with Crippen LogP contribution in [-0.2, 0) is 11.3 Å². The minimum Gasteiger partial charge on any atom is -0.497 e. The monoisotopic (exact) mass is 345 g/mol. The maximum Gasteiger partial charge on any atom is 0.360 e. The summed E-state index contributed by atoms with van der Waals surface area (Å²) in [5.41, 5.74) is 1.48. The molecule has 2 aromatic rings. The molecule has 1 aromatic heterocycles. The fourth-order valence-electron chi connectivity index (χ4n) is 2.79. The standard InChI is InChI=1S/C18H23N3O4/c1-3-24-17(22)16-13-25-18(19-16)21-10-8-20(9-11-21)12-14-4-6-15(23-2)7-5-14/h4-7,13H,3,8-12H2,1-2H3. The fourth-order valence-corrected chi connectivity index (χ4v) is 2.79. The first-order valence-electron chi connectivity index (χ1n) is 8.42. The van der Waals surface area contributed by atoms with E-state index in [9.17, 15) is 4.79 Å². The molecule has 0 bridgehead atoms. The molecule has 0 aliphatic carbocycles. The summed E-state index contributed by atoms with van der Waals surface area (Å²) >= 11 is 0. The molecule has 1 aliphatic heterocycles. The van der Waals surface area contributed by atoms with E-state index >= 15 is 0 Å². The van der Waals surface area contributed by atoms with Crippen molar-refractivity contribution < 1.29 is 18.7 Å². The minimum absolute atomic E-state index is 0.220. The second-order valence-corrected chi connectivity index (χ2v) is 5.85. The van der Waals surface area contributed by atoms with Gasteiger partial charge in [0.2, 0.25) is 0 Å². The minimum atomic E-state index is -0.448. The van der Waals surface area contributed by atoms with Crippen molar-refractivity contribution in [2.45, 2.75) is 13.5 Å². The summed E-state index contributed by atoms with van der Waals surface area (Å²) in [6, 6.07) is 8.62. The Labute approximate surface area is 147 Å². The average Bonchev–Trinajstić information content (AvgIpc) is 3.13. The van der Waals surface area contributed by atoms with Gasteiger partial charge in [0.25, 0.3) is 6.01 Å². The summed E-state index contributed by atoms with van der Waals surface area (Å²) < 4.78 is 15.5. The summed E-state index contributed by atoms with van der Waals surface area (Å²) in [5, 5.41) is 0. The van der Waals surface area contributed by atoms with Crippen LogP contribution < -0.4 is 9.64 Å². The number of hydrogen-bond acceptors (Lipinski definition) is 7. The van der Waals surface area contributed by atoms with Crippen LogP contribution in [0.3, 0.4) is 0 Å². The molecule has 0 saturated carbocycles. The highest BCUT2D eigenvalue weighted by Gasteiger charge is 2.22. The summed E-state index contributed by atoms with van der Waals surface area (Å²) in [5.74, 6) is 0.422. The first-order valence-corrected chi connectivity index (χ1v) is 8.42. The molecule has 0 atom stereocenters. The highest BCUT2D eigenvalue weighted by Crippen LogP contribution is 2.18. The van der Waals surface area contributed by atoms with Crippen molar-refractivity contribution in [3.05, 3.63) is 41.8 Å². The van der Waals surface area contributed by atoms with Gasteiger partial charge in [0.15, 0.2) is 5.69 Å². The van der Waals surface area contributed by atoms with E-state index in [1.165, 1.54) is 11.8 Å². The largest absolute Gasteiger partial charge is 0.497 e. The van der Waals surface area contributed by atoms with Gasteiger partial charge < -0.3 is 18.8 Å². The highest BCUT2D eigenvalue weighted by atomic mass is 16.5. The molecule has 7 nitrogen and oxygen atoms in total. The van der Waals surface area contributed by atoms with E-state index in [0.717, 1.165) is 38.5 Å². The number of anilines is 1. The van der Waals surface area contributed by atoms with Gasteiger partial charge in [-0.2, -0.15) is 4.98 Å². The van der Waals surface area contributed by atoms with E-state index in [1.807, 2.05) is 17.0 Å². The van der Waals surface area contributed by atoms with E-state index in [-0.39, 0.29) is 5.69 Å². The first-order chi connectivity index (χ1) is 12.2. The number of ether oxygens (including phenoxy) is 2. The van der Waals surface area contributed by atoms with Gasteiger partial charge in [-0.1, -0.05) is 12.1 Å². The zero-order chi connectivity index (χ0) is 17.6. The van der Waals surface area contributed by atoms with Gasteiger partial charge in [-0.05, 0) is 24.6 Å². The third-order valence-electron chi connectivity index (χ3n) is 4.18. The van der Waals surface area contributed by atoms with Crippen molar-refractivity contribution in [2.24, 2.45) is 0 Å². The Balaban J connectivity index is 1.52. The van der Waals surface area contributed by atoms with Crippen LogP contribution in [0.15, 0.2) is 34.9 Å². The Hall–Kier alpha value is -2.54. The molecule has 1 aliphatic rings. The number of hydrogen-bond donors (Lipinski definition) is 0. The topological polar surface area (TPSA) is 68.0 Å². The molecule has 0 spiro atoms. The van der Waals surface area contributed by atoms with Crippen molar-refractivity contribution in [1.82, 2.24) is 9.88 Å². The predicted molar refractivity (Wildman–Crippen MR) is 92.9 cm³/mol. The molecule has 0 amide bonds. The number of esters is 1. The van der Waals surface area contributed by atoms with Gasteiger partial charge in [0, 0.05) is 32.7 Å². The second-order valence-electron chi connectivity index (χ2n) is 5.85. The summed E-state index contributed by atoms with van der Waals surface area (Å²) in [6.45, 7) is 6.41. The van der Waals surface area contributed by atoms with Crippen molar-refractivity contribution in [1.29, 1.82) is 0 Å². The lowest BCUT2D eigenvalue weighted by Crippen LogP contribution is -2.46. The van der Waals surface area contributed by atoms with Crippen LogP contribution in [-0.4, -0.2) is 55.7 Å². The molecule has 0 radical (unpaired) electrons. The van der Waals surface area contributed by atoms with Crippen molar-refractivity contribution in [3.63, 3.8) is 0 Å². The van der Waals surface area contributed by atoms with E-state index in [0.29, 0.717) is 12.6 Å². The third-order valence-corrected chi connectivity index (χ3v) is 4.18. The van der Waals surface area contributed by atoms with Crippen LogP contribution in [0.4, 0.5) is 6.01 Å². The molecule has 2 heterocycles. The molecule has 134 valence electrons. The number of carbonyl (C=O) groups is 1. The summed E-state index contributed by atoms with van der Waals surface area (Å²) in [4.78, 5) is 20.3. The van der Waals surface area contributed by atoms with Gasteiger partial charge in [-0.3, -0.25) is 4.90 Å². The maximum atomic E-state index is 11.7. The normalized spacial score (nSPS) is 15.2. The van der Waals surface area contributed by atoms with Crippen LogP contribution in [0.25, 0.3) is 0 Å². The molecule has 0 unspecified atom stereocenters. The van der Waals surface area contributed by atoms with Crippen molar-refractivity contribution in [2.75, 3.05) is 44.8 Å². The third kappa shape index (κ3) is 4.30. The number of benzene rings is 1. The second kappa shape index (κ2) is 8.02. The van der Waals surface area contributed by atoms with E-state index < -0.39 is 5.97 Å².